The van der Waals surface area contributed by atoms with Crippen molar-refractivity contribution in [2.24, 2.45) is 0 Å². The van der Waals surface area contributed by atoms with Gasteiger partial charge in [-0.15, -0.1) is 0 Å². The molecule has 0 aromatic carbocycles. The average molecular weight is 662 g/mol. The Morgan fingerprint density at radius 3 is 1.38 bits per heavy atom. The molecule has 0 radical (unpaired) electrons. The Labute approximate surface area is 292 Å². The number of hydrogen-bond acceptors (Lipinski definition) is 4. The van der Waals surface area contributed by atoms with Crippen molar-refractivity contribution in [2.75, 3.05) is 6.61 Å². The third-order valence-electron chi connectivity index (χ3n) is 9.15. The number of aliphatic hydroxyl groups is 3. The van der Waals surface area contributed by atoms with Crippen molar-refractivity contribution in [3.8, 4) is 0 Å². The maximum Gasteiger partial charge on any atom is 0.222 e. The minimum atomic E-state index is -0.950. The fourth-order valence-corrected chi connectivity index (χ4v) is 6.00. The van der Waals surface area contributed by atoms with Crippen LogP contribution in [0.2, 0.25) is 0 Å². The molecule has 0 aliphatic heterocycles. The first-order valence-electron chi connectivity index (χ1n) is 20.3. The molecule has 0 fully saturated rings. The van der Waals surface area contributed by atoms with Gasteiger partial charge in [-0.2, -0.15) is 0 Å². The molecule has 1 amide bonds. The van der Waals surface area contributed by atoms with Gasteiger partial charge in [-0.05, 0) is 57.8 Å². The Kier molecular flexibility index (Phi) is 36.3. The van der Waals surface area contributed by atoms with Crippen LogP contribution in [0.25, 0.3) is 0 Å². The number of unbranched alkanes of at least 4 members (excludes halogenated alkanes) is 23. The number of hydrogen-bond donors (Lipinski definition) is 4. The van der Waals surface area contributed by atoms with Gasteiger partial charge in [-0.25, -0.2) is 0 Å². The molecule has 5 heteroatoms. The van der Waals surface area contributed by atoms with Gasteiger partial charge in [-0.1, -0.05) is 172 Å². The lowest BCUT2D eigenvalue weighted by Crippen LogP contribution is -2.45. The number of aliphatic hydroxyl groups excluding tert-OH is 3. The first-order chi connectivity index (χ1) is 23.0. The highest BCUT2D eigenvalue weighted by molar-refractivity contribution is 5.76. The number of allylic oxidation sites excluding steroid dienone is 5. The summed E-state index contributed by atoms with van der Waals surface area (Å²) in [4.78, 5) is 12.4. The van der Waals surface area contributed by atoms with Crippen molar-refractivity contribution < 1.29 is 20.1 Å². The van der Waals surface area contributed by atoms with Crippen LogP contribution in [0.3, 0.4) is 0 Å². The SMILES string of the molecule is CCCCCC/C=C/CC/C=C/C(O)C(CO)NC(=O)CC(O)CCCCCCCC/C=C\CCCCCCCCCCCCCC. The van der Waals surface area contributed by atoms with Crippen LogP contribution < -0.4 is 5.32 Å². The smallest absolute Gasteiger partial charge is 0.222 e. The molecule has 3 atom stereocenters. The molecule has 0 heterocycles. The molecule has 0 saturated heterocycles. The minimum Gasteiger partial charge on any atom is -0.394 e. The van der Waals surface area contributed by atoms with Gasteiger partial charge < -0.3 is 20.6 Å². The van der Waals surface area contributed by atoms with E-state index in [-0.39, 0.29) is 18.9 Å². The maximum absolute atomic E-state index is 12.4. The van der Waals surface area contributed by atoms with Gasteiger partial charge in [0.2, 0.25) is 5.91 Å². The van der Waals surface area contributed by atoms with E-state index in [2.05, 4.69) is 43.5 Å². The van der Waals surface area contributed by atoms with E-state index in [4.69, 9.17) is 0 Å². The fourth-order valence-electron chi connectivity index (χ4n) is 6.00. The summed E-state index contributed by atoms with van der Waals surface area (Å²) in [6.07, 6.45) is 45.8. The summed E-state index contributed by atoms with van der Waals surface area (Å²) in [7, 11) is 0. The number of carbonyl (C=O) groups excluding carboxylic acids is 1. The highest BCUT2D eigenvalue weighted by Crippen LogP contribution is 2.14. The summed E-state index contributed by atoms with van der Waals surface area (Å²) in [6, 6.07) is -0.760. The molecule has 0 bridgehead atoms. The number of rotatable bonds is 36. The minimum absolute atomic E-state index is 0.00156. The molecule has 0 aromatic heterocycles. The van der Waals surface area contributed by atoms with Gasteiger partial charge >= 0.3 is 0 Å². The fraction of sp³-hybridized carbons (Fsp3) is 0.833. The van der Waals surface area contributed by atoms with Gasteiger partial charge in [0.25, 0.3) is 0 Å². The summed E-state index contributed by atoms with van der Waals surface area (Å²) in [5.74, 6) is -0.332. The molecule has 3 unspecified atom stereocenters. The number of amides is 1. The molecule has 0 saturated carbocycles. The van der Waals surface area contributed by atoms with Gasteiger partial charge in [-0.3, -0.25) is 4.79 Å². The lowest BCUT2D eigenvalue weighted by atomic mass is 10.0. The molecule has 0 spiro atoms. The standard InChI is InChI=1S/C42H79NO4/c1-3-5-7-9-11-13-15-16-17-18-19-20-21-22-23-24-25-26-27-29-31-33-35-39(45)37-42(47)43-40(38-44)41(46)36-34-32-30-28-14-12-10-8-6-4-2/h14,22-23,28,34,36,39-41,44-46H,3-13,15-21,24-27,29-33,35,37-38H2,1-2H3,(H,43,47)/b23-22-,28-14+,36-34+. The van der Waals surface area contributed by atoms with Crippen LogP contribution in [0.1, 0.15) is 200 Å². The Morgan fingerprint density at radius 2 is 0.915 bits per heavy atom. The third kappa shape index (κ3) is 34.2. The Balaban J connectivity index is 3.66. The largest absolute Gasteiger partial charge is 0.394 e. The number of nitrogens with one attached hydrogen (secondary N) is 1. The van der Waals surface area contributed by atoms with E-state index in [0.29, 0.717) is 6.42 Å². The van der Waals surface area contributed by atoms with Crippen molar-refractivity contribution in [2.45, 2.75) is 218 Å². The van der Waals surface area contributed by atoms with Gasteiger partial charge in [0.05, 0.1) is 31.3 Å². The van der Waals surface area contributed by atoms with E-state index in [1.54, 1.807) is 6.08 Å². The second-order valence-corrected chi connectivity index (χ2v) is 13.9. The molecule has 0 aliphatic rings. The summed E-state index contributed by atoms with van der Waals surface area (Å²) in [6.45, 7) is 4.16. The van der Waals surface area contributed by atoms with E-state index in [0.717, 1.165) is 32.1 Å². The molecule has 4 N–H and O–H groups in total. The van der Waals surface area contributed by atoms with Gasteiger partial charge in [0, 0.05) is 0 Å². The van der Waals surface area contributed by atoms with Crippen LogP contribution in [0.15, 0.2) is 36.5 Å². The van der Waals surface area contributed by atoms with Gasteiger partial charge in [0.1, 0.15) is 0 Å². The lowest BCUT2D eigenvalue weighted by Gasteiger charge is -2.21. The zero-order valence-corrected chi connectivity index (χ0v) is 31.2. The normalized spacial score (nSPS) is 14.1. The Morgan fingerprint density at radius 1 is 0.532 bits per heavy atom. The molecule has 0 rings (SSSR count). The predicted octanol–water partition coefficient (Wildman–Crippen LogP) is 11.2. The highest BCUT2D eigenvalue weighted by Gasteiger charge is 2.20. The first-order valence-corrected chi connectivity index (χ1v) is 20.3. The van der Waals surface area contributed by atoms with Gasteiger partial charge in [0.15, 0.2) is 0 Å². The zero-order chi connectivity index (χ0) is 34.5. The zero-order valence-electron chi connectivity index (χ0n) is 31.2. The third-order valence-corrected chi connectivity index (χ3v) is 9.15. The summed E-state index contributed by atoms with van der Waals surface area (Å²) in [5, 5.41) is 33.0. The topological polar surface area (TPSA) is 89.8 Å². The van der Waals surface area contributed by atoms with E-state index in [9.17, 15) is 20.1 Å². The molecular weight excluding hydrogens is 582 g/mol. The molecular formula is C42H79NO4. The molecule has 276 valence electrons. The van der Waals surface area contributed by atoms with Crippen molar-refractivity contribution in [1.82, 2.24) is 5.32 Å². The second-order valence-electron chi connectivity index (χ2n) is 13.9. The van der Waals surface area contributed by atoms with Crippen LogP contribution >= 0.6 is 0 Å². The number of carbonyl (C=O) groups is 1. The monoisotopic (exact) mass is 662 g/mol. The highest BCUT2D eigenvalue weighted by atomic mass is 16.3. The predicted molar refractivity (Wildman–Crippen MR) is 204 cm³/mol. The summed E-state index contributed by atoms with van der Waals surface area (Å²) < 4.78 is 0. The van der Waals surface area contributed by atoms with Crippen molar-refractivity contribution in [3.05, 3.63) is 36.5 Å². The quantitative estimate of drug-likeness (QED) is 0.0397. The van der Waals surface area contributed by atoms with Crippen LogP contribution in [-0.2, 0) is 4.79 Å². The van der Waals surface area contributed by atoms with Crippen LogP contribution in [0, 0.1) is 0 Å². The molecule has 0 aliphatic carbocycles. The average Bonchev–Trinajstić information content (AvgIpc) is 3.06. The second kappa shape index (κ2) is 37.4. The lowest BCUT2D eigenvalue weighted by molar-refractivity contribution is -0.124. The Bertz CT molecular complexity index is 734. The molecule has 47 heavy (non-hydrogen) atoms. The first kappa shape index (κ1) is 45.6. The summed E-state index contributed by atoms with van der Waals surface area (Å²) >= 11 is 0. The van der Waals surface area contributed by atoms with Crippen molar-refractivity contribution in [1.29, 1.82) is 0 Å². The van der Waals surface area contributed by atoms with Crippen molar-refractivity contribution >= 4 is 5.91 Å². The van der Waals surface area contributed by atoms with Crippen LogP contribution in [0.5, 0.6) is 0 Å². The van der Waals surface area contributed by atoms with E-state index >= 15 is 0 Å². The summed E-state index contributed by atoms with van der Waals surface area (Å²) in [5.41, 5.74) is 0. The van der Waals surface area contributed by atoms with E-state index in [1.807, 2.05) is 6.08 Å². The van der Waals surface area contributed by atoms with E-state index in [1.165, 1.54) is 141 Å². The Hall–Kier alpha value is -1.43. The molecule has 5 nitrogen and oxygen atoms in total. The molecule has 0 aromatic rings. The van der Waals surface area contributed by atoms with Crippen LogP contribution in [-0.4, -0.2) is 46.1 Å². The van der Waals surface area contributed by atoms with Crippen LogP contribution in [0.4, 0.5) is 0 Å². The van der Waals surface area contributed by atoms with E-state index < -0.39 is 18.2 Å². The maximum atomic E-state index is 12.4. The van der Waals surface area contributed by atoms with Crippen molar-refractivity contribution in [3.63, 3.8) is 0 Å².